The third-order valence-electron chi connectivity index (χ3n) is 13.6. The fourth-order valence-corrected chi connectivity index (χ4v) is 9.97. The van der Waals surface area contributed by atoms with Crippen molar-refractivity contribution in [1.29, 1.82) is 0 Å². The number of nitrogens with one attached hydrogen (secondary N) is 2. The SMILES string of the molecule is COc1cc(-c2cccc3cccc(-c4ccc(-c5cccc6cccc(-c7cc(C)c(C(=O)NC(C)c8ccccc8)c(C)c7)c56)c(C)c4C)c23)cc(OC)c1C(=O)NC(C)c1ccccc1. The lowest BCUT2D eigenvalue weighted by Gasteiger charge is -2.21. The van der Waals surface area contributed by atoms with Crippen LogP contribution < -0.4 is 20.1 Å². The number of benzene rings is 9. The highest BCUT2D eigenvalue weighted by molar-refractivity contribution is 6.10. The lowest BCUT2D eigenvalue weighted by Crippen LogP contribution is -2.28. The molecule has 2 amide bonds. The molecule has 6 nitrogen and oxygen atoms in total. The molecule has 0 aliphatic carbocycles. The van der Waals surface area contributed by atoms with Crippen molar-refractivity contribution in [2.24, 2.45) is 0 Å². The fourth-order valence-electron chi connectivity index (χ4n) is 9.97. The van der Waals surface area contributed by atoms with Crippen LogP contribution in [0.15, 0.2) is 170 Å². The zero-order valence-electron chi connectivity index (χ0n) is 40.0. The summed E-state index contributed by atoms with van der Waals surface area (Å²) in [4.78, 5) is 27.6. The molecule has 0 saturated carbocycles. The van der Waals surface area contributed by atoms with Crippen LogP contribution in [0.5, 0.6) is 11.5 Å². The molecule has 0 fully saturated rings. The molecule has 0 aromatic heterocycles. The van der Waals surface area contributed by atoms with Gasteiger partial charge in [0.2, 0.25) is 0 Å². The summed E-state index contributed by atoms with van der Waals surface area (Å²) < 4.78 is 11.9. The van der Waals surface area contributed by atoms with Crippen molar-refractivity contribution in [3.8, 4) is 56.0 Å². The molecule has 9 rings (SSSR count). The first kappa shape index (κ1) is 45.2. The Morgan fingerprint density at radius 1 is 0.412 bits per heavy atom. The molecule has 9 aromatic rings. The number of hydrogen-bond acceptors (Lipinski definition) is 4. The Bertz CT molecular complexity index is 3320. The number of hydrogen-bond donors (Lipinski definition) is 2. The zero-order valence-corrected chi connectivity index (χ0v) is 40.0. The Labute approximate surface area is 399 Å². The molecule has 0 aliphatic rings. The van der Waals surface area contributed by atoms with Crippen LogP contribution >= 0.6 is 0 Å². The Morgan fingerprint density at radius 3 is 1.18 bits per heavy atom. The molecule has 0 radical (unpaired) electrons. The third-order valence-corrected chi connectivity index (χ3v) is 13.6. The van der Waals surface area contributed by atoms with E-state index in [0.29, 0.717) is 22.6 Å². The van der Waals surface area contributed by atoms with Crippen molar-refractivity contribution in [2.45, 2.75) is 53.6 Å². The summed E-state index contributed by atoms with van der Waals surface area (Å²) in [6.45, 7) is 12.5. The van der Waals surface area contributed by atoms with E-state index in [9.17, 15) is 9.59 Å². The van der Waals surface area contributed by atoms with Crippen LogP contribution in [0.25, 0.3) is 66.1 Å². The van der Waals surface area contributed by atoms with Crippen LogP contribution in [0.1, 0.15) is 80.0 Å². The maximum atomic E-state index is 13.9. The van der Waals surface area contributed by atoms with Gasteiger partial charge in [0.25, 0.3) is 11.8 Å². The molecule has 2 unspecified atom stereocenters. The Hall–Kier alpha value is -7.96. The van der Waals surface area contributed by atoms with E-state index in [1.54, 1.807) is 14.2 Å². The second-order valence-corrected chi connectivity index (χ2v) is 17.8. The molecule has 0 saturated heterocycles. The predicted octanol–water partition coefficient (Wildman–Crippen LogP) is 14.9. The van der Waals surface area contributed by atoms with E-state index < -0.39 is 0 Å². The van der Waals surface area contributed by atoms with E-state index in [-0.39, 0.29) is 23.9 Å². The van der Waals surface area contributed by atoms with Gasteiger partial charge in [0.15, 0.2) is 0 Å². The van der Waals surface area contributed by atoms with Crippen LogP contribution in [-0.4, -0.2) is 26.0 Å². The van der Waals surface area contributed by atoms with Crippen molar-refractivity contribution in [1.82, 2.24) is 10.6 Å². The maximum Gasteiger partial charge on any atom is 0.259 e. The Morgan fingerprint density at radius 2 is 0.779 bits per heavy atom. The quantitative estimate of drug-likeness (QED) is 0.128. The van der Waals surface area contributed by atoms with Crippen LogP contribution in [0.2, 0.25) is 0 Å². The van der Waals surface area contributed by atoms with E-state index >= 15 is 0 Å². The number of carbonyl (C=O) groups is 2. The molecule has 0 spiro atoms. The summed E-state index contributed by atoms with van der Waals surface area (Å²) in [5.41, 5.74) is 16.0. The highest BCUT2D eigenvalue weighted by atomic mass is 16.5. The highest BCUT2D eigenvalue weighted by Crippen LogP contribution is 2.45. The molecule has 2 atom stereocenters. The first-order valence-electron chi connectivity index (χ1n) is 23.2. The van der Waals surface area contributed by atoms with Crippen molar-refractivity contribution in [3.05, 3.63) is 214 Å². The van der Waals surface area contributed by atoms with Gasteiger partial charge in [-0.15, -0.1) is 0 Å². The summed E-state index contributed by atoms with van der Waals surface area (Å²) in [5.74, 6) is 0.509. The summed E-state index contributed by atoms with van der Waals surface area (Å²) in [5, 5.41) is 10.9. The summed E-state index contributed by atoms with van der Waals surface area (Å²) in [7, 11) is 3.18. The van der Waals surface area contributed by atoms with Crippen molar-refractivity contribution < 1.29 is 19.1 Å². The standard InChI is InChI=1S/C62H56N2O4/c1-37-33-47(34-38(2)57(37)61(65)63-41(5)43-19-11-9-12-20-43)51-27-15-23-45-25-17-29-53(58(45)51)49-31-32-50(40(4)39(49)3)54-30-18-26-46-24-16-28-52(59(46)54)48-35-55(67-7)60(56(36-48)68-8)62(66)64-42(6)44-21-13-10-14-22-44/h9-36,41-42H,1-8H3,(H,63,65)(H,64,66). The second-order valence-electron chi connectivity index (χ2n) is 17.8. The van der Waals surface area contributed by atoms with Gasteiger partial charge in [-0.25, -0.2) is 0 Å². The van der Waals surface area contributed by atoms with Crippen LogP contribution in [-0.2, 0) is 0 Å². The molecular formula is C62H56N2O4. The van der Waals surface area contributed by atoms with E-state index in [1.165, 1.54) is 16.5 Å². The van der Waals surface area contributed by atoms with Crippen LogP contribution in [0.3, 0.4) is 0 Å². The number of rotatable bonds is 12. The normalized spacial score (nSPS) is 12.1. The Kier molecular flexibility index (Phi) is 12.7. The van der Waals surface area contributed by atoms with Gasteiger partial charge in [0, 0.05) is 5.56 Å². The van der Waals surface area contributed by atoms with Crippen LogP contribution in [0.4, 0.5) is 0 Å². The molecule has 0 aliphatic heterocycles. The minimum Gasteiger partial charge on any atom is -0.496 e. The lowest BCUT2D eigenvalue weighted by atomic mass is 9.84. The molecule has 6 heteroatoms. The minimum atomic E-state index is -0.276. The molecule has 0 heterocycles. The maximum absolute atomic E-state index is 13.9. The molecule has 0 bridgehead atoms. The smallest absolute Gasteiger partial charge is 0.259 e. The predicted molar refractivity (Wildman–Crippen MR) is 280 cm³/mol. The lowest BCUT2D eigenvalue weighted by molar-refractivity contribution is 0.0927. The number of amides is 2. The molecule has 338 valence electrons. The van der Waals surface area contributed by atoms with Gasteiger partial charge in [-0.3, -0.25) is 9.59 Å². The molecule has 68 heavy (non-hydrogen) atoms. The highest BCUT2D eigenvalue weighted by Gasteiger charge is 2.25. The molecule has 9 aromatic carbocycles. The first-order valence-corrected chi connectivity index (χ1v) is 23.2. The van der Waals surface area contributed by atoms with Gasteiger partial charge in [0.1, 0.15) is 17.1 Å². The van der Waals surface area contributed by atoms with Crippen LogP contribution in [0, 0.1) is 27.7 Å². The van der Waals surface area contributed by atoms with Crippen molar-refractivity contribution in [3.63, 3.8) is 0 Å². The van der Waals surface area contributed by atoms with E-state index in [2.05, 4.69) is 122 Å². The van der Waals surface area contributed by atoms with E-state index in [0.717, 1.165) is 82.9 Å². The number of aryl methyl sites for hydroxylation is 2. The monoisotopic (exact) mass is 892 g/mol. The first-order chi connectivity index (χ1) is 33.0. The average Bonchev–Trinajstić information content (AvgIpc) is 3.36. The zero-order chi connectivity index (χ0) is 47.6. The van der Waals surface area contributed by atoms with E-state index in [4.69, 9.17) is 9.47 Å². The van der Waals surface area contributed by atoms with Gasteiger partial charge in [-0.05, 0) is 153 Å². The molecular weight excluding hydrogens is 837 g/mol. The van der Waals surface area contributed by atoms with Gasteiger partial charge < -0.3 is 20.1 Å². The van der Waals surface area contributed by atoms with E-state index in [1.807, 2.05) is 100 Å². The number of methoxy groups -OCH3 is 2. The minimum absolute atomic E-state index is 0.0720. The molecule has 2 N–H and O–H groups in total. The number of carbonyl (C=O) groups excluding carboxylic acids is 2. The summed E-state index contributed by atoms with van der Waals surface area (Å²) in [6.07, 6.45) is 0. The number of ether oxygens (including phenoxy) is 2. The summed E-state index contributed by atoms with van der Waals surface area (Å²) in [6, 6.07) is 58.1. The average molecular weight is 893 g/mol. The Balaban J connectivity index is 1.10. The fraction of sp³-hybridized carbons (Fsp3) is 0.161. The third kappa shape index (κ3) is 8.50. The van der Waals surface area contributed by atoms with Gasteiger partial charge in [-0.1, -0.05) is 158 Å². The largest absolute Gasteiger partial charge is 0.496 e. The topological polar surface area (TPSA) is 76.7 Å². The van der Waals surface area contributed by atoms with Gasteiger partial charge in [0.05, 0.1) is 26.3 Å². The van der Waals surface area contributed by atoms with Crippen molar-refractivity contribution >= 4 is 33.4 Å². The second kappa shape index (κ2) is 19.1. The van der Waals surface area contributed by atoms with Crippen molar-refractivity contribution in [2.75, 3.05) is 14.2 Å². The number of fused-ring (bicyclic) bond motifs is 2. The van der Waals surface area contributed by atoms with Gasteiger partial charge in [-0.2, -0.15) is 0 Å². The summed E-state index contributed by atoms with van der Waals surface area (Å²) >= 11 is 0. The van der Waals surface area contributed by atoms with Gasteiger partial charge >= 0.3 is 0 Å².